The first kappa shape index (κ1) is 13.6. The number of hydrogen-bond acceptors (Lipinski definition) is 4. The minimum Gasteiger partial charge on any atom is -0.465 e. The second kappa shape index (κ2) is 5.43. The lowest BCUT2D eigenvalue weighted by molar-refractivity contribution is -0.149. The SMILES string of the molecule is CC1CC=CCC1COC(=O)C1CCS(=O)(=O)C1. The van der Waals surface area contributed by atoms with Gasteiger partial charge in [-0.25, -0.2) is 8.42 Å². The molecular formula is C13H20O4S. The van der Waals surface area contributed by atoms with Crippen LogP contribution in [0.3, 0.4) is 0 Å². The first-order valence-electron chi connectivity index (χ1n) is 6.50. The molecule has 1 aliphatic carbocycles. The summed E-state index contributed by atoms with van der Waals surface area (Å²) in [5.41, 5.74) is 0. The van der Waals surface area contributed by atoms with Crippen molar-refractivity contribution in [3.63, 3.8) is 0 Å². The van der Waals surface area contributed by atoms with E-state index < -0.39 is 15.8 Å². The zero-order chi connectivity index (χ0) is 13.2. The number of rotatable bonds is 3. The molecule has 0 spiro atoms. The normalized spacial score (nSPS) is 34.4. The molecule has 0 N–H and O–H groups in total. The van der Waals surface area contributed by atoms with Crippen LogP contribution in [0.25, 0.3) is 0 Å². The lowest BCUT2D eigenvalue weighted by Crippen LogP contribution is -2.25. The predicted molar refractivity (Wildman–Crippen MR) is 68.7 cm³/mol. The van der Waals surface area contributed by atoms with Gasteiger partial charge in [0.25, 0.3) is 0 Å². The van der Waals surface area contributed by atoms with Crippen molar-refractivity contribution in [1.82, 2.24) is 0 Å². The van der Waals surface area contributed by atoms with Crippen LogP contribution in [0.5, 0.6) is 0 Å². The fourth-order valence-corrected chi connectivity index (χ4v) is 4.25. The summed E-state index contributed by atoms with van der Waals surface area (Å²) >= 11 is 0. The van der Waals surface area contributed by atoms with E-state index in [4.69, 9.17) is 4.74 Å². The van der Waals surface area contributed by atoms with Crippen LogP contribution in [-0.2, 0) is 19.4 Å². The van der Waals surface area contributed by atoms with Crippen molar-refractivity contribution in [2.24, 2.45) is 17.8 Å². The Hall–Kier alpha value is -0.840. The molecule has 5 heteroatoms. The Kier molecular flexibility index (Phi) is 4.10. The molecule has 0 aromatic heterocycles. The molecule has 3 unspecified atom stereocenters. The summed E-state index contributed by atoms with van der Waals surface area (Å²) in [5.74, 6) is 0.204. The smallest absolute Gasteiger partial charge is 0.310 e. The highest BCUT2D eigenvalue weighted by atomic mass is 32.2. The van der Waals surface area contributed by atoms with Crippen molar-refractivity contribution in [2.45, 2.75) is 26.2 Å². The summed E-state index contributed by atoms with van der Waals surface area (Å²) in [5, 5.41) is 0. The summed E-state index contributed by atoms with van der Waals surface area (Å²) in [6.45, 7) is 2.57. The van der Waals surface area contributed by atoms with E-state index in [1.54, 1.807) is 0 Å². The minimum absolute atomic E-state index is 0.0358. The van der Waals surface area contributed by atoms with Crippen LogP contribution in [0.15, 0.2) is 12.2 Å². The Morgan fingerprint density at radius 3 is 2.67 bits per heavy atom. The van der Waals surface area contributed by atoms with Gasteiger partial charge in [-0.15, -0.1) is 0 Å². The van der Waals surface area contributed by atoms with Crippen molar-refractivity contribution in [3.05, 3.63) is 12.2 Å². The van der Waals surface area contributed by atoms with Crippen LogP contribution in [0.2, 0.25) is 0 Å². The van der Waals surface area contributed by atoms with Crippen LogP contribution in [0.1, 0.15) is 26.2 Å². The predicted octanol–water partition coefficient (Wildman–Crippen LogP) is 1.57. The number of carbonyl (C=O) groups is 1. The summed E-state index contributed by atoms with van der Waals surface area (Å²) in [6, 6.07) is 0. The molecule has 0 aromatic rings. The third-order valence-electron chi connectivity index (χ3n) is 3.92. The summed E-state index contributed by atoms with van der Waals surface area (Å²) in [4.78, 5) is 11.8. The summed E-state index contributed by atoms with van der Waals surface area (Å²) in [6.07, 6.45) is 6.67. The molecule has 2 aliphatic rings. The van der Waals surface area contributed by atoms with Crippen LogP contribution in [0.4, 0.5) is 0 Å². The van der Waals surface area contributed by atoms with Gasteiger partial charge in [-0.05, 0) is 31.1 Å². The van der Waals surface area contributed by atoms with Gasteiger partial charge >= 0.3 is 5.97 Å². The number of sulfone groups is 1. The Morgan fingerprint density at radius 2 is 2.06 bits per heavy atom. The van der Waals surface area contributed by atoms with E-state index in [-0.39, 0.29) is 17.5 Å². The molecule has 0 saturated carbocycles. The van der Waals surface area contributed by atoms with Gasteiger partial charge in [0.05, 0.1) is 24.0 Å². The molecule has 0 radical (unpaired) electrons. The number of allylic oxidation sites excluding steroid dienone is 2. The number of hydrogen-bond donors (Lipinski definition) is 0. The lowest BCUT2D eigenvalue weighted by atomic mass is 9.85. The number of ether oxygens (including phenoxy) is 1. The van der Waals surface area contributed by atoms with E-state index in [1.807, 2.05) is 0 Å². The molecule has 4 nitrogen and oxygen atoms in total. The van der Waals surface area contributed by atoms with Crippen LogP contribution >= 0.6 is 0 Å². The van der Waals surface area contributed by atoms with E-state index in [0.717, 1.165) is 12.8 Å². The highest BCUT2D eigenvalue weighted by Gasteiger charge is 2.34. The van der Waals surface area contributed by atoms with E-state index in [1.165, 1.54) is 0 Å². The average Bonchev–Trinajstić information content (AvgIpc) is 2.68. The molecule has 1 saturated heterocycles. The second-order valence-corrected chi connectivity index (χ2v) is 7.64. The molecule has 0 bridgehead atoms. The highest BCUT2D eigenvalue weighted by Crippen LogP contribution is 2.26. The summed E-state index contributed by atoms with van der Waals surface area (Å²) < 4.78 is 27.9. The number of esters is 1. The molecule has 0 amide bonds. The largest absolute Gasteiger partial charge is 0.465 e. The van der Waals surface area contributed by atoms with Gasteiger partial charge in [0.15, 0.2) is 9.84 Å². The molecule has 1 fully saturated rings. The van der Waals surface area contributed by atoms with Gasteiger partial charge in [0.2, 0.25) is 0 Å². The van der Waals surface area contributed by atoms with Crippen LogP contribution in [0, 0.1) is 17.8 Å². The van der Waals surface area contributed by atoms with E-state index in [0.29, 0.717) is 24.9 Å². The minimum atomic E-state index is -3.01. The Balaban J connectivity index is 1.80. The highest BCUT2D eigenvalue weighted by molar-refractivity contribution is 7.91. The standard InChI is InChI=1S/C13H20O4S/c1-10-4-2-3-5-11(10)8-17-13(14)12-6-7-18(15,16)9-12/h2-3,10-12H,4-9H2,1H3. The van der Waals surface area contributed by atoms with Gasteiger partial charge in [-0.3, -0.25) is 4.79 Å². The third-order valence-corrected chi connectivity index (χ3v) is 5.69. The van der Waals surface area contributed by atoms with Crippen molar-refractivity contribution in [3.8, 4) is 0 Å². The van der Waals surface area contributed by atoms with Crippen molar-refractivity contribution < 1.29 is 17.9 Å². The van der Waals surface area contributed by atoms with E-state index in [2.05, 4.69) is 19.1 Å². The molecular weight excluding hydrogens is 252 g/mol. The van der Waals surface area contributed by atoms with Gasteiger partial charge in [0, 0.05) is 0 Å². The Morgan fingerprint density at radius 1 is 1.33 bits per heavy atom. The Labute approximate surface area is 108 Å². The molecule has 3 atom stereocenters. The molecule has 102 valence electrons. The monoisotopic (exact) mass is 272 g/mol. The quantitative estimate of drug-likeness (QED) is 0.578. The fraction of sp³-hybridized carbons (Fsp3) is 0.769. The lowest BCUT2D eigenvalue weighted by Gasteiger charge is -2.25. The fourth-order valence-electron chi connectivity index (χ4n) is 2.53. The maximum Gasteiger partial charge on any atom is 0.310 e. The van der Waals surface area contributed by atoms with Crippen LogP contribution in [-0.4, -0.2) is 32.5 Å². The molecule has 1 aliphatic heterocycles. The van der Waals surface area contributed by atoms with Crippen LogP contribution < -0.4 is 0 Å². The maximum absolute atomic E-state index is 11.8. The first-order valence-corrected chi connectivity index (χ1v) is 8.32. The Bertz CT molecular complexity index is 438. The zero-order valence-corrected chi connectivity index (χ0v) is 11.5. The van der Waals surface area contributed by atoms with Crippen molar-refractivity contribution in [1.29, 1.82) is 0 Å². The molecule has 18 heavy (non-hydrogen) atoms. The van der Waals surface area contributed by atoms with E-state index in [9.17, 15) is 13.2 Å². The van der Waals surface area contributed by atoms with Gasteiger partial charge in [-0.1, -0.05) is 19.1 Å². The third kappa shape index (κ3) is 3.34. The maximum atomic E-state index is 11.8. The molecule has 1 heterocycles. The summed E-state index contributed by atoms with van der Waals surface area (Å²) in [7, 11) is -3.01. The molecule has 0 aromatic carbocycles. The first-order chi connectivity index (χ1) is 8.48. The zero-order valence-electron chi connectivity index (χ0n) is 10.7. The molecule has 2 rings (SSSR count). The number of carbonyl (C=O) groups excluding carboxylic acids is 1. The van der Waals surface area contributed by atoms with Crippen molar-refractivity contribution in [2.75, 3.05) is 18.1 Å². The van der Waals surface area contributed by atoms with Gasteiger partial charge in [-0.2, -0.15) is 0 Å². The van der Waals surface area contributed by atoms with E-state index >= 15 is 0 Å². The van der Waals surface area contributed by atoms with Gasteiger partial charge < -0.3 is 4.74 Å². The average molecular weight is 272 g/mol. The van der Waals surface area contributed by atoms with Crippen molar-refractivity contribution >= 4 is 15.8 Å². The van der Waals surface area contributed by atoms with Gasteiger partial charge in [0.1, 0.15) is 0 Å². The topological polar surface area (TPSA) is 60.4 Å². The second-order valence-electron chi connectivity index (χ2n) is 5.41.